The van der Waals surface area contributed by atoms with E-state index in [1.807, 2.05) is 12.1 Å². The van der Waals surface area contributed by atoms with Crippen LogP contribution in [0.25, 0.3) is 11.1 Å². The Morgan fingerprint density at radius 1 is 0.969 bits per heavy atom. The summed E-state index contributed by atoms with van der Waals surface area (Å²) in [6.07, 6.45) is 4.30. The highest BCUT2D eigenvalue weighted by atomic mass is 35.5. The number of hydrogen-bond donors (Lipinski definition) is 2. The van der Waals surface area contributed by atoms with Crippen LogP contribution in [0.1, 0.15) is 47.1 Å². The molecule has 1 atom stereocenters. The van der Waals surface area contributed by atoms with Crippen molar-refractivity contribution in [1.29, 1.82) is 0 Å². The first-order valence-corrected chi connectivity index (χ1v) is 12.2. The summed E-state index contributed by atoms with van der Waals surface area (Å²) in [6, 6.07) is 21.9. The van der Waals surface area contributed by atoms with E-state index in [0.29, 0.717) is 16.1 Å². The molecule has 1 saturated heterocycles. The molecule has 0 aromatic heterocycles. The van der Waals surface area contributed by atoms with Gasteiger partial charge in [-0.25, -0.2) is 0 Å². The highest BCUT2D eigenvalue weighted by Gasteiger charge is 2.23. The van der Waals surface area contributed by atoms with E-state index in [0.717, 1.165) is 44.3 Å². The summed E-state index contributed by atoms with van der Waals surface area (Å²) in [7, 11) is 0. The minimum Gasteiger partial charge on any atom is -0.381 e. The molecule has 0 unspecified atom stereocenters. The summed E-state index contributed by atoms with van der Waals surface area (Å²) in [4.78, 5) is 0. The summed E-state index contributed by atoms with van der Waals surface area (Å²) in [5, 5.41) is 8.55. The van der Waals surface area contributed by atoms with Gasteiger partial charge in [0.05, 0.1) is 0 Å². The van der Waals surface area contributed by atoms with Crippen LogP contribution in [0.4, 0.5) is 5.69 Å². The van der Waals surface area contributed by atoms with Crippen molar-refractivity contribution >= 4 is 40.0 Å². The predicted octanol–water partition coefficient (Wildman–Crippen LogP) is 7.37. The van der Waals surface area contributed by atoms with Gasteiger partial charge in [0.1, 0.15) is 0 Å². The van der Waals surface area contributed by atoms with Crippen molar-refractivity contribution in [2.45, 2.75) is 38.6 Å². The molecule has 164 valence electrons. The molecule has 3 aromatic carbocycles. The first-order chi connectivity index (χ1) is 15.6. The zero-order chi connectivity index (χ0) is 22.1. The molecule has 0 radical (unpaired) electrons. The van der Waals surface area contributed by atoms with E-state index in [9.17, 15) is 0 Å². The zero-order valence-corrected chi connectivity index (χ0v) is 19.9. The van der Waals surface area contributed by atoms with Gasteiger partial charge >= 0.3 is 0 Å². The van der Waals surface area contributed by atoms with Crippen LogP contribution in [-0.4, -0.2) is 19.1 Å². The standard InChI is InChI=1S/C28H28Cl2N2/c1-18-5-2-6-19-7-4-10-25(24-12-11-21(29)16-26(24)30)28(27(18)19)20-8-3-9-22(15-20)32-23-13-14-31-17-23/h2-3,5-6,8-9,11-12,15-16,23,31-32H,4,7,10,13-14,17H2,1H3/t23-/m1/s1. The summed E-state index contributed by atoms with van der Waals surface area (Å²) in [6.45, 7) is 4.31. The van der Waals surface area contributed by atoms with Crippen LogP contribution in [0.3, 0.4) is 0 Å². The lowest BCUT2D eigenvalue weighted by molar-refractivity contribution is 0.793. The summed E-state index contributed by atoms with van der Waals surface area (Å²) in [5.74, 6) is 0. The van der Waals surface area contributed by atoms with E-state index in [2.05, 4.69) is 66.1 Å². The predicted molar refractivity (Wildman–Crippen MR) is 138 cm³/mol. The molecule has 0 saturated carbocycles. The normalized spacial score (nSPS) is 18.4. The first-order valence-electron chi connectivity index (χ1n) is 11.5. The molecule has 3 aromatic rings. The number of nitrogens with one attached hydrogen (secondary N) is 2. The lowest BCUT2D eigenvalue weighted by Crippen LogP contribution is -2.22. The van der Waals surface area contributed by atoms with Gasteiger partial charge in [0, 0.05) is 28.3 Å². The smallest absolute Gasteiger partial charge is 0.0496 e. The molecular weight excluding hydrogens is 435 g/mol. The van der Waals surface area contributed by atoms with Gasteiger partial charge in [-0.05, 0) is 102 Å². The molecule has 0 spiro atoms. The molecule has 1 fully saturated rings. The van der Waals surface area contributed by atoms with Gasteiger partial charge in [0.25, 0.3) is 0 Å². The number of rotatable bonds is 4. The van der Waals surface area contributed by atoms with Gasteiger partial charge in [-0.2, -0.15) is 0 Å². The molecule has 1 heterocycles. The highest BCUT2D eigenvalue weighted by Crippen LogP contribution is 2.43. The lowest BCUT2D eigenvalue weighted by atomic mass is 9.85. The van der Waals surface area contributed by atoms with E-state index in [1.165, 1.54) is 39.1 Å². The number of hydrogen-bond acceptors (Lipinski definition) is 2. The third-order valence-corrected chi connectivity index (χ3v) is 7.17. The molecule has 0 amide bonds. The van der Waals surface area contributed by atoms with Gasteiger partial charge < -0.3 is 10.6 Å². The van der Waals surface area contributed by atoms with Crippen LogP contribution in [0.5, 0.6) is 0 Å². The SMILES string of the molecule is Cc1cccc2c1C(c1cccc(N[C@@H]3CCNC3)c1)=C(c1ccc(Cl)cc1Cl)CCC2. The fourth-order valence-electron chi connectivity index (χ4n) is 5.13. The first kappa shape index (κ1) is 21.6. The molecule has 1 aliphatic heterocycles. The molecule has 2 aliphatic rings. The minimum absolute atomic E-state index is 0.479. The summed E-state index contributed by atoms with van der Waals surface area (Å²) < 4.78 is 0. The molecule has 4 heteroatoms. The maximum absolute atomic E-state index is 6.74. The van der Waals surface area contributed by atoms with Crippen LogP contribution in [0.2, 0.25) is 10.0 Å². The molecule has 2 N–H and O–H groups in total. The topological polar surface area (TPSA) is 24.1 Å². The number of anilines is 1. The monoisotopic (exact) mass is 462 g/mol. The summed E-state index contributed by atoms with van der Waals surface area (Å²) in [5.41, 5.74) is 10.2. The Morgan fingerprint density at radius 2 is 1.84 bits per heavy atom. The summed E-state index contributed by atoms with van der Waals surface area (Å²) >= 11 is 13.0. The number of fused-ring (bicyclic) bond motifs is 1. The van der Waals surface area contributed by atoms with Crippen molar-refractivity contribution in [3.8, 4) is 0 Å². The Morgan fingerprint density at radius 3 is 2.66 bits per heavy atom. The van der Waals surface area contributed by atoms with Crippen molar-refractivity contribution in [3.05, 3.63) is 98.5 Å². The van der Waals surface area contributed by atoms with E-state index in [4.69, 9.17) is 23.2 Å². The van der Waals surface area contributed by atoms with E-state index in [1.54, 1.807) is 0 Å². The van der Waals surface area contributed by atoms with Crippen molar-refractivity contribution in [1.82, 2.24) is 5.32 Å². The Labute approximate surface area is 200 Å². The molecule has 1 aliphatic carbocycles. The highest BCUT2D eigenvalue weighted by molar-refractivity contribution is 6.36. The van der Waals surface area contributed by atoms with Gasteiger partial charge in [-0.1, -0.05) is 59.6 Å². The van der Waals surface area contributed by atoms with Gasteiger partial charge in [-0.15, -0.1) is 0 Å². The van der Waals surface area contributed by atoms with Crippen LogP contribution in [-0.2, 0) is 6.42 Å². The van der Waals surface area contributed by atoms with Crippen molar-refractivity contribution < 1.29 is 0 Å². The fraction of sp³-hybridized carbons (Fsp3) is 0.286. The zero-order valence-electron chi connectivity index (χ0n) is 18.3. The molecule has 0 bridgehead atoms. The number of allylic oxidation sites excluding steroid dienone is 1. The van der Waals surface area contributed by atoms with Gasteiger partial charge in [-0.3, -0.25) is 0 Å². The Kier molecular flexibility index (Phi) is 6.28. The third kappa shape index (κ3) is 4.32. The second kappa shape index (κ2) is 9.31. The second-order valence-electron chi connectivity index (χ2n) is 8.86. The fourth-order valence-corrected chi connectivity index (χ4v) is 5.65. The lowest BCUT2D eigenvalue weighted by Gasteiger charge is -2.21. The Bertz CT molecular complexity index is 1180. The van der Waals surface area contributed by atoms with Crippen LogP contribution in [0.15, 0.2) is 60.7 Å². The van der Waals surface area contributed by atoms with Gasteiger partial charge in [0.2, 0.25) is 0 Å². The van der Waals surface area contributed by atoms with E-state index < -0.39 is 0 Å². The Balaban J connectivity index is 1.71. The molecule has 32 heavy (non-hydrogen) atoms. The van der Waals surface area contributed by atoms with E-state index >= 15 is 0 Å². The van der Waals surface area contributed by atoms with Crippen molar-refractivity contribution in [2.75, 3.05) is 18.4 Å². The number of halogens is 2. The van der Waals surface area contributed by atoms with Crippen molar-refractivity contribution in [3.63, 3.8) is 0 Å². The average Bonchev–Trinajstić information content (AvgIpc) is 3.20. The second-order valence-corrected chi connectivity index (χ2v) is 9.70. The number of benzene rings is 3. The van der Waals surface area contributed by atoms with Gasteiger partial charge in [0.15, 0.2) is 0 Å². The maximum Gasteiger partial charge on any atom is 0.0496 e. The van der Waals surface area contributed by atoms with Crippen LogP contribution >= 0.6 is 23.2 Å². The van der Waals surface area contributed by atoms with Crippen LogP contribution < -0.4 is 10.6 Å². The minimum atomic E-state index is 0.479. The van der Waals surface area contributed by atoms with E-state index in [-0.39, 0.29) is 0 Å². The maximum atomic E-state index is 6.74. The quantitative estimate of drug-likeness (QED) is 0.422. The van der Waals surface area contributed by atoms with Crippen molar-refractivity contribution in [2.24, 2.45) is 0 Å². The van der Waals surface area contributed by atoms with Crippen LogP contribution in [0, 0.1) is 6.92 Å². The Hall–Kier alpha value is -2.26. The molecule has 5 rings (SSSR count). The third-order valence-electron chi connectivity index (χ3n) is 6.62. The average molecular weight is 463 g/mol. The molecular formula is C28H28Cl2N2. The largest absolute Gasteiger partial charge is 0.381 e. The number of aryl methyl sites for hydroxylation is 2. The molecule has 2 nitrogen and oxygen atoms in total.